The van der Waals surface area contributed by atoms with Crippen LogP contribution in [0.3, 0.4) is 0 Å². The maximum atomic E-state index is 12.6. The van der Waals surface area contributed by atoms with Crippen LogP contribution in [0.5, 0.6) is 5.75 Å². The van der Waals surface area contributed by atoms with Crippen molar-refractivity contribution in [3.8, 4) is 5.75 Å². The van der Waals surface area contributed by atoms with E-state index in [4.69, 9.17) is 5.73 Å². The van der Waals surface area contributed by atoms with Gasteiger partial charge in [0.15, 0.2) is 0 Å². The molecule has 1 saturated carbocycles. The van der Waals surface area contributed by atoms with Gasteiger partial charge in [-0.25, -0.2) is 0 Å². The van der Waals surface area contributed by atoms with E-state index >= 15 is 0 Å². The van der Waals surface area contributed by atoms with Crippen LogP contribution >= 0.6 is 0 Å². The van der Waals surface area contributed by atoms with Gasteiger partial charge in [-0.05, 0) is 25.8 Å². The molecule has 1 aromatic rings. The van der Waals surface area contributed by atoms with Crippen molar-refractivity contribution in [2.24, 2.45) is 11.1 Å². The van der Waals surface area contributed by atoms with Crippen LogP contribution in [0.2, 0.25) is 0 Å². The molecule has 2 rings (SSSR count). The topological polar surface area (TPSA) is 66.6 Å². The summed E-state index contributed by atoms with van der Waals surface area (Å²) in [4.78, 5) is 14.2. The normalized spacial score (nSPS) is 26.4. The van der Waals surface area contributed by atoms with Crippen molar-refractivity contribution in [3.63, 3.8) is 0 Å². The van der Waals surface area contributed by atoms with Crippen LogP contribution in [0.15, 0.2) is 24.3 Å². The number of carbonyl (C=O) groups is 1. The molecule has 2 unspecified atom stereocenters. The number of benzene rings is 1. The highest BCUT2D eigenvalue weighted by Gasteiger charge is 2.44. The summed E-state index contributed by atoms with van der Waals surface area (Å²) in [7, 11) is 1.77. The van der Waals surface area contributed by atoms with Crippen LogP contribution < -0.4 is 5.73 Å². The zero-order valence-corrected chi connectivity index (χ0v) is 11.6. The van der Waals surface area contributed by atoms with Gasteiger partial charge in [-0.15, -0.1) is 0 Å². The second-order valence-electron chi connectivity index (χ2n) is 5.71. The van der Waals surface area contributed by atoms with Crippen LogP contribution in [0.25, 0.3) is 0 Å². The lowest BCUT2D eigenvalue weighted by molar-refractivity contribution is -0.140. The molecule has 1 amide bonds. The summed E-state index contributed by atoms with van der Waals surface area (Å²) >= 11 is 0. The summed E-state index contributed by atoms with van der Waals surface area (Å²) in [6.45, 7) is 2.36. The van der Waals surface area contributed by atoms with Crippen molar-refractivity contribution in [2.75, 3.05) is 7.05 Å². The summed E-state index contributed by atoms with van der Waals surface area (Å²) in [5.41, 5.74) is 6.38. The number of phenols is 1. The lowest BCUT2D eigenvalue weighted by Crippen LogP contribution is -2.47. The molecule has 0 aromatic heterocycles. The van der Waals surface area contributed by atoms with Gasteiger partial charge in [0, 0.05) is 25.2 Å². The Balaban J connectivity index is 2.10. The van der Waals surface area contributed by atoms with Gasteiger partial charge in [0.25, 0.3) is 0 Å². The Morgan fingerprint density at radius 1 is 1.53 bits per heavy atom. The van der Waals surface area contributed by atoms with E-state index in [-0.39, 0.29) is 17.7 Å². The third-order valence-corrected chi connectivity index (χ3v) is 4.26. The lowest BCUT2D eigenvalue weighted by Gasteiger charge is -2.32. The fraction of sp³-hybridized carbons (Fsp3) is 0.533. The molecule has 0 radical (unpaired) electrons. The number of nitrogens with two attached hydrogens (primary N) is 1. The van der Waals surface area contributed by atoms with Gasteiger partial charge in [0.05, 0.1) is 5.41 Å². The monoisotopic (exact) mass is 262 g/mol. The van der Waals surface area contributed by atoms with Gasteiger partial charge in [-0.1, -0.05) is 24.6 Å². The van der Waals surface area contributed by atoms with Gasteiger partial charge < -0.3 is 15.7 Å². The Morgan fingerprint density at radius 3 is 2.79 bits per heavy atom. The molecule has 19 heavy (non-hydrogen) atoms. The Morgan fingerprint density at radius 2 is 2.21 bits per heavy atom. The number of phenolic OH excluding ortho intramolecular Hbond substituents is 1. The summed E-state index contributed by atoms with van der Waals surface area (Å²) in [6.07, 6.45) is 2.76. The largest absolute Gasteiger partial charge is 0.508 e. The molecule has 3 N–H and O–H groups in total. The zero-order chi connectivity index (χ0) is 14.0. The third kappa shape index (κ3) is 2.59. The van der Waals surface area contributed by atoms with Crippen molar-refractivity contribution in [2.45, 2.75) is 38.8 Å². The fourth-order valence-electron chi connectivity index (χ4n) is 2.87. The lowest BCUT2D eigenvalue weighted by atomic mass is 9.83. The SMILES string of the molecule is CN(Cc1ccccc1O)C(=O)C1(C)CCCC1N. The second-order valence-corrected chi connectivity index (χ2v) is 5.71. The number of hydrogen-bond donors (Lipinski definition) is 2. The quantitative estimate of drug-likeness (QED) is 0.874. The smallest absolute Gasteiger partial charge is 0.230 e. The molecule has 1 fully saturated rings. The van der Waals surface area contributed by atoms with Crippen LogP contribution in [-0.4, -0.2) is 29.0 Å². The first-order valence-electron chi connectivity index (χ1n) is 6.73. The third-order valence-electron chi connectivity index (χ3n) is 4.26. The fourth-order valence-corrected chi connectivity index (χ4v) is 2.87. The van der Waals surface area contributed by atoms with Crippen LogP contribution in [-0.2, 0) is 11.3 Å². The predicted molar refractivity (Wildman–Crippen MR) is 74.5 cm³/mol. The standard InChI is InChI=1S/C15H22N2O2/c1-15(9-5-8-13(15)16)14(19)17(2)10-11-6-3-4-7-12(11)18/h3-4,6-7,13,18H,5,8-10,16H2,1-2H3. The van der Waals surface area contributed by atoms with Crippen molar-refractivity contribution in [1.82, 2.24) is 4.90 Å². The van der Waals surface area contributed by atoms with Gasteiger partial charge in [0.2, 0.25) is 5.91 Å². The summed E-state index contributed by atoms with van der Waals surface area (Å²) in [6, 6.07) is 7.03. The van der Waals surface area contributed by atoms with Crippen molar-refractivity contribution in [1.29, 1.82) is 0 Å². The summed E-state index contributed by atoms with van der Waals surface area (Å²) in [5.74, 6) is 0.295. The van der Waals surface area contributed by atoms with Crippen molar-refractivity contribution < 1.29 is 9.90 Å². The molecular formula is C15H22N2O2. The average Bonchev–Trinajstić information content (AvgIpc) is 2.72. The predicted octanol–water partition coefficient (Wildman–Crippen LogP) is 1.87. The van der Waals surface area contributed by atoms with E-state index in [9.17, 15) is 9.90 Å². The van der Waals surface area contributed by atoms with E-state index in [0.717, 1.165) is 24.8 Å². The van der Waals surface area contributed by atoms with E-state index in [1.54, 1.807) is 24.1 Å². The van der Waals surface area contributed by atoms with E-state index < -0.39 is 5.41 Å². The minimum atomic E-state index is -0.459. The van der Waals surface area contributed by atoms with Gasteiger partial charge in [-0.3, -0.25) is 4.79 Å². The maximum absolute atomic E-state index is 12.6. The zero-order valence-electron chi connectivity index (χ0n) is 11.6. The highest BCUT2D eigenvalue weighted by molar-refractivity contribution is 5.83. The number of para-hydroxylation sites is 1. The molecule has 1 aromatic carbocycles. The molecular weight excluding hydrogens is 240 g/mol. The Kier molecular flexibility index (Phi) is 3.80. The molecule has 4 nitrogen and oxygen atoms in total. The van der Waals surface area contributed by atoms with E-state index in [0.29, 0.717) is 6.54 Å². The maximum Gasteiger partial charge on any atom is 0.230 e. The van der Waals surface area contributed by atoms with Crippen LogP contribution in [0.1, 0.15) is 31.7 Å². The Bertz CT molecular complexity index is 475. The first-order chi connectivity index (χ1) is 8.95. The van der Waals surface area contributed by atoms with E-state index in [2.05, 4.69) is 0 Å². The number of amides is 1. The summed E-state index contributed by atoms with van der Waals surface area (Å²) in [5, 5.41) is 9.76. The molecule has 4 heteroatoms. The molecule has 0 spiro atoms. The van der Waals surface area contributed by atoms with Crippen molar-refractivity contribution in [3.05, 3.63) is 29.8 Å². The molecule has 0 heterocycles. The number of hydrogen-bond acceptors (Lipinski definition) is 3. The highest BCUT2D eigenvalue weighted by atomic mass is 16.3. The second kappa shape index (κ2) is 5.21. The van der Waals surface area contributed by atoms with Crippen LogP contribution in [0.4, 0.5) is 0 Å². The average molecular weight is 262 g/mol. The Hall–Kier alpha value is -1.55. The molecule has 2 atom stereocenters. The molecule has 0 saturated heterocycles. The van der Waals surface area contributed by atoms with Crippen LogP contribution in [0, 0.1) is 5.41 Å². The number of carbonyl (C=O) groups excluding carboxylic acids is 1. The van der Waals surface area contributed by atoms with E-state index in [1.165, 1.54) is 0 Å². The number of rotatable bonds is 3. The molecule has 104 valence electrons. The summed E-state index contributed by atoms with van der Waals surface area (Å²) < 4.78 is 0. The van der Waals surface area contributed by atoms with Gasteiger partial charge >= 0.3 is 0 Å². The highest BCUT2D eigenvalue weighted by Crippen LogP contribution is 2.38. The Labute approximate surface area is 114 Å². The number of nitrogens with zero attached hydrogens (tertiary/aromatic N) is 1. The minimum Gasteiger partial charge on any atom is -0.508 e. The van der Waals surface area contributed by atoms with Gasteiger partial charge in [0.1, 0.15) is 5.75 Å². The van der Waals surface area contributed by atoms with Crippen molar-refractivity contribution >= 4 is 5.91 Å². The van der Waals surface area contributed by atoms with E-state index in [1.807, 2.05) is 19.1 Å². The molecule has 1 aliphatic carbocycles. The molecule has 0 bridgehead atoms. The first-order valence-corrected chi connectivity index (χ1v) is 6.73. The minimum absolute atomic E-state index is 0.0631. The first kappa shape index (κ1) is 13.9. The molecule has 0 aliphatic heterocycles. The number of aromatic hydroxyl groups is 1. The molecule has 1 aliphatic rings. The van der Waals surface area contributed by atoms with Gasteiger partial charge in [-0.2, -0.15) is 0 Å².